The number of nitrogen functional groups attached to an aromatic ring is 1. The molecule has 2 aromatic rings. The van der Waals surface area contributed by atoms with E-state index in [9.17, 15) is 4.39 Å². The second-order valence-electron chi connectivity index (χ2n) is 3.16. The Kier molecular flexibility index (Phi) is 3.04. The van der Waals surface area contributed by atoms with Crippen LogP contribution in [0.2, 0.25) is 0 Å². The van der Waals surface area contributed by atoms with Gasteiger partial charge in [0.05, 0.1) is 7.11 Å². The third-order valence-electron chi connectivity index (χ3n) is 2.03. The van der Waals surface area contributed by atoms with Crippen molar-refractivity contribution < 1.29 is 13.9 Å². The highest BCUT2D eigenvalue weighted by atomic mass is 19.1. The number of hydrogen-bond acceptors (Lipinski definition) is 5. The summed E-state index contributed by atoms with van der Waals surface area (Å²) >= 11 is 0. The zero-order valence-electron chi connectivity index (χ0n) is 9.05. The van der Waals surface area contributed by atoms with Crippen molar-refractivity contribution in [3.8, 4) is 17.5 Å². The predicted molar refractivity (Wildman–Crippen MR) is 59.5 cm³/mol. The molecule has 0 saturated carbocycles. The van der Waals surface area contributed by atoms with Gasteiger partial charge in [0.25, 0.3) is 0 Å². The number of halogens is 1. The molecule has 5 nitrogen and oxygen atoms in total. The molecule has 0 bridgehead atoms. The molecule has 0 aliphatic rings. The first-order valence-electron chi connectivity index (χ1n) is 4.78. The van der Waals surface area contributed by atoms with Crippen LogP contribution in [0.1, 0.15) is 0 Å². The molecule has 0 spiro atoms. The first-order valence-corrected chi connectivity index (χ1v) is 4.78. The molecule has 17 heavy (non-hydrogen) atoms. The molecule has 0 radical (unpaired) electrons. The molecular weight excluding hydrogens is 225 g/mol. The molecule has 0 atom stereocenters. The summed E-state index contributed by atoms with van der Waals surface area (Å²) in [5.74, 6) is 0.491. The van der Waals surface area contributed by atoms with Gasteiger partial charge < -0.3 is 15.2 Å². The molecule has 6 heteroatoms. The highest BCUT2D eigenvalue weighted by Gasteiger charge is 2.10. The zero-order valence-corrected chi connectivity index (χ0v) is 9.05. The minimum absolute atomic E-state index is 0.170. The van der Waals surface area contributed by atoms with E-state index in [4.69, 9.17) is 15.2 Å². The van der Waals surface area contributed by atoms with Gasteiger partial charge in [-0.15, -0.1) is 0 Å². The summed E-state index contributed by atoms with van der Waals surface area (Å²) in [4.78, 5) is 7.69. The number of rotatable bonds is 3. The van der Waals surface area contributed by atoms with Crippen LogP contribution in [0, 0.1) is 5.82 Å². The lowest BCUT2D eigenvalue weighted by molar-refractivity contribution is 0.391. The molecule has 0 aliphatic heterocycles. The van der Waals surface area contributed by atoms with Crippen LogP contribution >= 0.6 is 0 Å². The summed E-state index contributed by atoms with van der Waals surface area (Å²) in [6.45, 7) is 0. The first-order chi connectivity index (χ1) is 8.20. The number of ether oxygens (including phenoxy) is 2. The summed E-state index contributed by atoms with van der Waals surface area (Å²) in [5, 5.41) is 0. The Labute approximate surface area is 97.0 Å². The smallest absolute Gasteiger partial charge is 0.249 e. The van der Waals surface area contributed by atoms with Crippen LogP contribution in [0.5, 0.6) is 17.5 Å². The Morgan fingerprint density at radius 3 is 2.41 bits per heavy atom. The largest absolute Gasteiger partial charge is 0.479 e. The van der Waals surface area contributed by atoms with Gasteiger partial charge in [0, 0.05) is 0 Å². The van der Waals surface area contributed by atoms with Crippen molar-refractivity contribution in [2.75, 3.05) is 12.8 Å². The van der Waals surface area contributed by atoms with Crippen molar-refractivity contribution in [2.24, 2.45) is 0 Å². The second kappa shape index (κ2) is 4.65. The molecule has 1 aromatic heterocycles. The van der Waals surface area contributed by atoms with Gasteiger partial charge in [-0.25, -0.2) is 4.39 Å². The Hall–Kier alpha value is -2.37. The third-order valence-corrected chi connectivity index (χ3v) is 2.03. The van der Waals surface area contributed by atoms with E-state index in [1.807, 2.05) is 0 Å². The van der Waals surface area contributed by atoms with Gasteiger partial charge in [-0.05, 0) is 24.3 Å². The van der Waals surface area contributed by atoms with Crippen LogP contribution in [0.15, 0.2) is 30.6 Å². The van der Waals surface area contributed by atoms with Gasteiger partial charge in [0.1, 0.15) is 17.9 Å². The van der Waals surface area contributed by atoms with Crippen molar-refractivity contribution in [1.29, 1.82) is 0 Å². The van der Waals surface area contributed by atoms with Crippen molar-refractivity contribution in [2.45, 2.75) is 0 Å². The molecule has 2 rings (SSSR count). The fraction of sp³-hybridized carbons (Fsp3) is 0.0909. The van der Waals surface area contributed by atoms with Crippen molar-refractivity contribution >= 4 is 5.69 Å². The Bertz CT molecular complexity index is 517. The van der Waals surface area contributed by atoms with E-state index in [0.717, 1.165) is 0 Å². The van der Waals surface area contributed by atoms with Gasteiger partial charge in [-0.2, -0.15) is 9.97 Å². The summed E-state index contributed by atoms with van der Waals surface area (Å²) in [6.07, 6.45) is 1.27. The molecule has 1 aromatic carbocycles. The first kappa shape index (κ1) is 11.1. The third kappa shape index (κ3) is 2.41. The van der Waals surface area contributed by atoms with Crippen LogP contribution < -0.4 is 15.2 Å². The predicted octanol–water partition coefficient (Wildman–Crippen LogP) is 2.00. The topological polar surface area (TPSA) is 70.3 Å². The average molecular weight is 235 g/mol. The van der Waals surface area contributed by atoms with Crippen LogP contribution in [-0.4, -0.2) is 17.1 Å². The SMILES string of the molecule is COc1ncnc(Oc2ccc(F)cc2)c1N. The normalized spacial score (nSPS) is 10.0. The van der Waals surface area contributed by atoms with Crippen molar-refractivity contribution in [1.82, 2.24) is 9.97 Å². The van der Waals surface area contributed by atoms with Crippen molar-refractivity contribution in [3.63, 3.8) is 0 Å². The maximum atomic E-state index is 12.7. The number of nitrogens with zero attached hydrogens (tertiary/aromatic N) is 2. The van der Waals surface area contributed by atoms with E-state index >= 15 is 0 Å². The lowest BCUT2D eigenvalue weighted by Gasteiger charge is -2.08. The number of nitrogens with two attached hydrogens (primary N) is 1. The molecule has 0 saturated heterocycles. The fourth-order valence-electron chi connectivity index (χ4n) is 1.22. The highest BCUT2D eigenvalue weighted by Crippen LogP contribution is 2.30. The van der Waals surface area contributed by atoms with E-state index < -0.39 is 0 Å². The Morgan fingerprint density at radius 1 is 1.12 bits per heavy atom. The van der Waals surface area contributed by atoms with E-state index in [1.165, 1.54) is 37.7 Å². The van der Waals surface area contributed by atoms with E-state index in [-0.39, 0.29) is 23.3 Å². The van der Waals surface area contributed by atoms with Crippen molar-refractivity contribution in [3.05, 3.63) is 36.4 Å². The van der Waals surface area contributed by atoms with Crippen LogP contribution in [0.25, 0.3) is 0 Å². The minimum atomic E-state index is -0.342. The highest BCUT2D eigenvalue weighted by molar-refractivity contribution is 5.56. The van der Waals surface area contributed by atoms with E-state index in [0.29, 0.717) is 5.75 Å². The summed E-state index contributed by atoms with van der Waals surface area (Å²) in [6, 6.07) is 5.51. The summed E-state index contributed by atoms with van der Waals surface area (Å²) in [5.41, 5.74) is 5.92. The molecule has 88 valence electrons. The Morgan fingerprint density at radius 2 is 1.76 bits per heavy atom. The quantitative estimate of drug-likeness (QED) is 0.881. The second-order valence-corrected chi connectivity index (χ2v) is 3.16. The van der Waals surface area contributed by atoms with Crippen LogP contribution in [0.4, 0.5) is 10.1 Å². The number of methoxy groups -OCH3 is 1. The van der Waals surface area contributed by atoms with Gasteiger partial charge in [0.2, 0.25) is 11.8 Å². The Balaban J connectivity index is 2.27. The van der Waals surface area contributed by atoms with E-state index in [2.05, 4.69) is 9.97 Å². The maximum absolute atomic E-state index is 12.7. The molecule has 1 heterocycles. The molecule has 2 N–H and O–H groups in total. The number of anilines is 1. The molecule has 0 unspecified atom stereocenters. The van der Waals surface area contributed by atoms with Gasteiger partial charge in [-0.1, -0.05) is 0 Å². The van der Waals surface area contributed by atoms with Gasteiger partial charge in [-0.3, -0.25) is 0 Å². The molecule has 0 aliphatic carbocycles. The number of benzene rings is 1. The average Bonchev–Trinajstić information content (AvgIpc) is 2.35. The van der Waals surface area contributed by atoms with Gasteiger partial charge >= 0.3 is 0 Å². The number of hydrogen-bond donors (Lipinski definition) is 1. The lowest BCUT2D eigenvalue weighted by atomic mass is 10.3. The van der Waals surface area contributed by atoms with Gasteiger partial charge in [0.15, 0.2) is 5.69 Å². The molecule has 0 fully saturated rings. The van der Waals surface area contributed by atoms with E-state index in [1.54, 1.807) is 0 Å². The monoisotopic (exact) mass is 235 g/mol. The summed E-state index contributed by atoms with van der Waals surface area (Å²) in [7, 11) is 1.44. The van der Waals surface area contributed by atoms with Crippen LogP contribution in [0.3, 0.4) is 0 Å². The lowest BCUT2D eigenvalue weighted by Crippen LogP contribution is -2.00. The molecular formula is C11H10FN3O2. The minimum Gasteiger partial charge on any atom is -0.479 e. The fourth-order valence-corrected chi connectivity index (χ4v) is 1.22. The maximum Gasteiger partial charge on any atom is 0.249 e. The van der Waals surface area contributed by atoms with Crippen LogP contribution in [-0.2, 0) is 0 Å². The molecule has 0 amide bonds. The summed E-state index contributed by atoms with van der Waals surface area (Å²) < 4.78 is 23.0. The standard InChI is InChI=1S/C11H10FN3O2/c1-16-10-9(13)11(15-6-14-10)17-8-4-2-7(12)3-5-8/h2-6H,13H2,1H3. The number of aromatic nitrogens is 2. The zero-order chi connectivity index (χ0) is 12.3.